The molecule has 0 radical (unpaired) electrons. The highest BCUT2D eigenvalue weighted by atomic mass is 35.5. The third-order valence-electron chi connectivity index (χ3n) is 7.30. The van der Waals surface area contributed by atoms with Crippen LogP contribution in [-0.2, 0) is 19.3 Å². The minimum Gasteiger partial charge on any atom is -0.387 e. The first-order chi connectivity index (χ1) is 17.5. The first-order valence-corrected chi connectivity index (χ1v) is 13.8. The Morgan fingerprint density at radius 3 is 2.35 bits per heavy atom. The summed E-state index contributed by atoms with van der Waals surface area (Å²) in [6, 6.07) is 4.91. The molecule has 37 heavy (non-hydrogen) atoms. The summed E-state index contributed by atoms with van der Waals surface area (Å²) >= 11 is 6.27. The predicted octanol–water partition coefficient (Wildman–Crippen LogP) is 4.12. The van der Waals surface area contributed by atoms with Gasteiger partial charge in [-0.05, 0) is 55.7 Å². The molecule has 2 aromatic rings. The number of amides is 1. The molecule has 0 aromatic heterocycles. The number of aliphatic hydroxyl groups is 1. The van der Waals surface area contributed by atoms with Crippen molar-refractivity contribution in [3.63, 3.8) is 0 Å². The van der Waals surface area contributed by atoms with E-state index in [4.69, 9.17) is 21.1 Å². The van der Waals surface area contributed by atoms with Crippen molar-refractivity contribution in [1.29, 1.82) is 0 Å². The lowest BCUT2D eigenvalue weighted by Gasteiger charge is -2.40. The lowest BCUT2D eigenvalue weighted by Crippen LogP contribution is -2.48. The summed E-state index contributed by atoms with van der Waals surface area (Å²) in [4.78, 5) is 12.5. The van der Waals surface area contributed by atoms with Crippen LogP contribution in [-0.4, -0.2) is 56.2 Å². The van der Waals surface area contributed by atoms with Gasteiger partial charge < -0.3 is 19.9 Å². The molecule has 5 rings (SSSR count). The molecule has 1 aliphatic heterocycles. The van der Waals surface area contributed by atoms with Gasteiger partial charge in [0.2, 0.25) is 0 Å². The number of hydrogen-bond donors (Lipinski definition) is 2. The van der Waals surface area contributed by atoms with Gasteiger partial charge in [-0.15, -0.1) is 0 Å². The first kappa shape index (κ1) is 26.4. The highest BCUT2D eigenvalue weighted by molar-refractivity contribution is 7.92. The summed E-state index contributed by atoms with van der Waals surface area (Å²) in [5.41, 5.74) is -1.57. The molecule has 2 aromatic carbocycles. The lowest BCUT2D eigenvalue weighted by molar-refractivity contribution is -0.0842. The van der Waals surface area contributed by atoms with Crippen LogP contribution < -0.4 is 5.32 Å². The second kappa shape index (κ2) is 9.85. The average molecular weight is 560 g/mol. The van der Waals surface area contributed by atoms with Gasteiger partial charge in [-0.1, -0.05) is 11.6 Å². The van der Waals surface area contributed by atoms with Crippen LogP contribution in [0.25, 0.3) is 0 Å². The number of nitrogens with one attached hydrogen (secondary N) is 1. The van der Waals surface area contributed by atoms with Gasteiger partial charge in [0.1, 0.15) is 6.10 Å². The standard InChI is InChI=1S/C25H25ClF3NO6S/c26-18-4-3-13(24(31)30-16-6-19(27)22(29)20(28)7-16)5-21(18)37(33,34)23-14-1-2-15(23)9-25(32,8-14)12-35-10-17-11-36-17/h3-7,14-15,17,23,32H,1-2,8-12H2,(H,30,31)/t14?,15?,17-,23-,25-/m1/s1. The predicted molar refractivity (Wildman–Crippen MR) is 128 cm³/mol. The van der Waals surface area contributed by atoms with E-state index >= 15 is 0 Å². The van der Waals surface area contributed by atoms with Gasteiger partial charge in [0.25, 0.3) is 5.91 Å². The van der Waals surface area contributed by atoms with E-state index in [0.29, 0.717) is 38.2 Å². The van der Waals surface area contributed by atoms with Crippen LogP contribution in [0.3, 0.4) is 0 Å². The van der Waals surface area contributed by atoms with Gasteiger partial charge >= 0.3 is 0 Å². The Labute approximate surface area is 216 Å². The number of ether oxygens (including phenoxy) is 2. The fraction of sp³-hybridized carbons (Fsp3) is 0.480. The van der Waals surface area contributed by atoms with Crippen LogP contribution >= 0.6 is 11.6 Å². The fourth-order valence-corrected chi connectivity index (χ4v) is 8.49. The molecule has 1 saturated heterocycles. The van der Waals surface area contributed by atoms with Crippen molar-refractivity contribution in [2.45, 2.75) is 47.5 Å². The molecule has 2 bridgehead atoms. The molecule has 3 aliphatic rings. The van der Waals surface area contributed by atoms with Crippen LogP contribution in [0, 0.1) is 29.3 Å². The van der Waals surface area contributed by atoms with Gasteiger partial charge in [0, 0.05) is 23.4 Å². The number of carbonyl (C=O) groups excluding carboxylic acids is 1. The third-order valence-corrected chi connectivity index (χ3v) is 10.2. The van der Waals surface area contributed by atoms with Crippen LogP contribution in [0.15, 0.2) is 35.2 Å². The minimum atomic E-state index is -4.00. The largest absolute Gasteiger partial charge is 0.387 e. The van der Waals surface area contributed by atoms with E-state index in [9.17, 15) is 31.5 Å². The smallest absolute Gasteiger partial charge is 0.255 e. The second-order valence-electron chi connectivity index (χ2n) is 10.1. The van der Waals surface area contributed by atoms with Crippen molar-refractivity contribution < 1.29 is 41.0 Å². The molecule has 0 spiro atoms. The van der Waals surface area contributed by atoms with E-state index in [0.717, 1.165) is 6.07 Å². The summed E-state index contributed by atoms with van der Waals surface area (Å²) in [6.07, 6.45) is 1.84. The molecule has 3 fully saturated rings. The molecule has 1 heterocycles. The molecule has 7 nitrogen and oxygen atoms in total. The Bertz CT molecular complexity index is 1300. The van der Waals surface area contributed by atoms with E-state index in [-0.39, 0.29) is 58.6 Å². The zero-order chi connectivity index (χ0) is 26.5. The van der Waals surface area contributed by atoms with Crippen molar-refractivity contribution in [1.82, 2.24) is 0 Å². The molecular formula is C25H25ClF3NO6S. The van der Waals surface area contributed by atoms with Crippen LogP contribution in [0.5, 0.6) is 0 Å². The summed E-state index contributed by atoms with van der Waals surface area (Å²) in [5.74, 6) is -6.10. The van der Waals surface area contributed by atoms with Crippen molar-refractivity contribution in [3.05, 3.63) is 58.4 Å². The van der Waals surface area contributed by atoms with Crippen molar-refractivity contribution in [2.24, 2.45) is 11.8 Å². The lowest BCUT2D eigenvalue weighted by atomic mass is 9.77. The highest BCUT2D eigenvalue weighted by Gasteiger charge is 2.54. The molecule has 2 unspecified atom stereocenters. The van der Waals surface area contributed by atoms with Crippen LogP contribution in [0.2, 0.25) is 5.02 Å². The molecule has 3 atom stereocenters. The summed E-state index contributed by atoms with van der Waals surface area (Å²) in [5, 5.41) is 12.5. The molecule has 2 N–H and O–H groups in total. The van der Waals surface area contributed by atoms with Gasteiger partial charge in [0.05, 0.1) is 40.6 Å². The molecular weight excluding hydrogens is 535 g/mol. The summed E-state index contributed by atoms with van der Waals surface area (Å²) in [7, 11) is -4.00. The summed E-state index contributed by atoms with van der Waals surface area (Å²) in [6.45, 7) is 1.13. The molecule has 2 saturated carbocycles. The molecule has 200 valence electrons. The number of carbonyl (C=O) groups is 1. The average Bonchev–Trinajstić information content (AvgIpc) is 3.59. The van der Waals surface area contributed by atoms with Crippen molar-refractivity contribution in [3.8, 4) is 0 Å². The number of hydrogen-bond acceptors (Lipinski definition) is 6. The Morgan fingerprint density at radius 2 is 1.76 bits per heavy atom. The third kappa shape index (κ3) is 5.37. The maximum absolute atomic E-state index is 13.8. The number of halogens is 4. The van der Waals surface area contributed by atoms with Crippen LogP contribution in [0.1, 0.15) is 36.0 Å². The van der Waals surface area contributed by atoms with Crippen LogP contribution in [0.4, 0.5) is 18.9 Å². The van der Waals surface area contributed by atoms with E-state index in [1.54, 1.807) is 0 Å². The zero-order valence-corrected chi connectivity index (χ0v) is 21.1. The van der Waals surface area contributed by atoms with E-state index < -0.39 is 44.0 Å². The van der Waals surface area contributed by atoms with Gasteiger partial charge in [-0.3, -0.25) is 4.79 Å². The maximum atomic E-state index is 13.8. The monoisotopic (exact) mass is 559 g/mol. The Balaban J connectivity index is 1.34. The Hall–Kier alpha value is -2.18. The van der Waals surface area contributed by atoms with Crippen molar-refractivity contribution in [2.75, 3.05) is 25.1 Å². The number of epoxide rings is 1. The quantitative estimate of drug-likeness (QED) is 0.372. The Kier molecular flexibility index (Phi) is 7.03. The number of benzene rings is 2. The summed E-state index contributed by atoms with van der Waals surface area (Å²) < 4.78 is 78.5. The van der Waals surface area contributed by atoms with Gasteiger partial charge in [-0.2, -0.15) is 0 Å². The zero-order valence-electron chi connectivity index (χ0n) is 19.6. The first-order valence-electron chi connectivity index (χ1n) is 11.9. The van der Waals surface area contributed by atoms with E-state index in [1.807, 2.05) is 0 Å². The Morgan fingerprint density at radius 1 is 1.14 bits per heavy atom. The van der Waals surface area contributed by atoms with Gasteiger partial charge in [-0.25, -0.2) is 21.6 Å². The van der Waals surface area contributed by atoms with E-state index in [1.165, 1.54) is 12.1 Å². The van der Waals surface area contributed by atoms with E-state index in [2.05, 4.69) is 5.32 Å². The molecule has 2 aliphatic carbocycles. The minimum absolute atomic E-state index is 0.0600. The number of fused-ring (bicyclic) bond motifs is 2. The molecule has 12 heteroatoms. The topological polar surface area (TPSA) is 105 Å². The number of sulfone groups is 1. The number of anilines is 1. The van der Waals surface area contributed by atoms with Crippen molar-refractivity contribution >= 4 is 33.0 Å². The highest BCUT2D eigenvalue weighted by Crippen LogP contribution is 2.51. The molecule has 1 amide bonds. The second-order valence-corrected chi connectivity index (χ2v) is 12.5. The van der Waals surface area contributed by atoms with Gasteiger partial charge in [0.15, 0.2) is 27.3 Å². The SMILES string of the molecule is O=C(Nc1cc(F)c(F)c(F)c1)c1ccc(Cl)c(S(=O)(=O)[C@H]2C3CCC2C[C@](O)(COC[C@@H]2CO2)C3)c1. The fourth-order valence-electron chi connectivity index (χ4n) is 5.65. The maximum Gasteiger partial charge on any atom is 0.255 e. The number of rotatable bonds is 8. The normalized spacial score (nSPS) is 28.8.